The van der Waals surface area contributed by atoms with Crippen LogP contribution in [-0.2, 0) is 13.1 Å². The fourth-order valence-corrected chi connectivity index (χ4v) is 3.29. The van der Waals surface area contributed by atoms with Crippen molar-refractivity contribution in [3.05, 3.63) is 53.9 Å². The molecule has 0 bridgehead atoms. The molecule has 1 saturated heterocycles. The normalized spacial score (nSPS) is 22.8. The van der Waals surface area contributed by atoms with Gasteiger partial charge in [-0.15, -0.1) is 0 Å². The van der Waals surface area contributed by atoms with E-state index in [1.807, 2.05) is 16.9 Å². The van der Waals surface area contributed by atoms with Gasteiger partial charge in [-0.1, -0.05) is 37.3 Å². The molecule has 2 aromatic rings. The minimum absolute atomic E-state index is 0.0539. The van der Waals surface area contributed by atoms with Gasteiger partial charge in [-0.2, -0.15) is 5.10 Å². The third kappa shape index (κ3) is 3.76. The second-order valence-corrected chi connectivity index (χ2v) is 6.81. The van der Waals surface area contributed by atoms with Crippen LogP contribution in [0.4, 0.5) is 0 Å². The summed E-state index contributed by atoms with van der Waals surface area (Å²) in [6, 6.07) is 10.4. The van der Waals surface area contributed by atoms with Crippen LogP contribution >= 0.6 is 0 Å². The zero-order valence-electron chi connectivity index (χ0n) is 13.3. The van der Waals surface area contributed by atoms with Crippen molar-refractivity contribution in [2.45, 2.75) is 32.9 Å². The third-order valence-corrected chi connectivity index (χ3v) is 4.52. The topological polar surface area (TPSA) is 41.3 Å². The smallest absolute Gasteiger partial charge is 0.0659 e. The molecular formula is C18H25N3O. The molecule has 1 unspecified atom stereocenters. The molecule has 2 heterocycles. The maximum atomic E-state index is 9.56. The molecular weight excluding hydrogens is 274 g/mol. The quantitative estimate of drug-likeness (QED) is 0.922. The highest BCUT2D eigenvalue weighted by Gasteiger charge is 2.30. The Labute approximate surface area is 132 Å². The van der Waals surface area contributed by atoms with Gasteiger partial charge in [0, 0.05) is 36.9 Å². The second kappa shape index (κ2) is 6.63. The summed E-state index contributed by atoms with van der Waals surface area (Å²) in [4.78, 5) is 2.43. The Kier molecular flexibility index (Phi) is 4.60. The first kappa shape index (κ1) is 15.3. The first-order chi connectivity index (χ1) is 10.7. The number of piperidine rings is 1. The summed E-state index contributed by atoms with van der Waals surface area (Å²) < 4.78 is 2.00. The highest BCUT2D eigenvalue weighted by molar-refractivity contribution is 5.15. The number of aliphatic hydroxyl groups excluding tert-OH is 1. The highest BCUT2D eigenvalue weighted by atomic mass is 16.3. The number of benzene rings is 1. The van der Waals surface area contributed by atoms with E-state index in [0.717, 1.165) is 39.0 Å². The van der Waals surface area contributed by atoms with Crippen molar-refractivity contribution in [3.63, 3.8) is 0 Å². The van der Waals surface area contributed by atoms with Crippen molar-refractivity contribution in [2.24, 2.45) is 5.41 Å². The monoisotopic (exact) mass is 299 g/mol. The molecule has 118 valence electrons. The molecule has 0 aliphatic carbocycles. The Balaban J connectivity index is 1.60. The summed E-state index contributed by atoms with van der Waals surface area (Å²) in [6.07, 6.45) is 6.38. The Morgan fingerprint density at radius 2 is 2.00 bits per heavy atom. The number of likely N-dealkylation sites (tertiary alicyclic amines) is 1. The van der Waals surface area contributed by atoms with Gasteiger partial charge >= 0.3 is 0 Å². The second-order valence-electron chi connectivity index (χ2n) is 6.81. The van der Waals surface area contributed by atoms with E-state index < -0.39 is 0 Å². The van der Waals surface area contributed by atoms with Gasteiger partial charge in [-0.3, -0.25) is 9.58 Å². The third-order valence-electron chi connectivity index (χ3n) is 4.52. The molecule has 1 aromatic heterocycles. The molecule has 4 nitrogen and oxygen atoms in total. The van der Waals surface area contributed by atoms with Crippen LogP contribution in [0, 0.1) is 5.41 Å². The van der Waals surface area contributed by atoms with E-state index in [1.165, 1.54) is 11.1 Å². The summed E-state index contributed by atoms with van der Waals surface area (Å²) in [5.41, 5.74) is 2.57. The van der Waals surface area contributed by atoms with Gasteiger partial charge in [0.1, 0.15) is 0 Å². The van der Waals surface area contributed by atoms with Crippen molar-refractivity contribution in [2.75, 3.05) is 19.7 Å². The fraction of sp³-hybridized carbons (Fsp3) is 0.500. The Bertz CT molecular complexity index is 595. The van der Waals surface area contributed by atoms with Crippen LogP contribution in [0.25, 0.3) is 0 Å². The van der Waals surface area contributed by atoms with E-state index in [1.54, 1.807) is 0 Å². The van der Waals surface area contributed by atoms with E-state index >= 15 is 0 Å². The first-order valence-electron chi connectivity index (χ1n) is 8.05. The zero-order valence-corrected chi connectivity index (χ0v) is 13.3. The molecule has 1 N–H and O–H groups in total. The number of hydrogen-bond acceptors (Lipinski definition) is 3. The molecule has 4 heteroatoms. The van der Waals surface area contributed by atoms with Crippen molar-refractivity contribution in [3.8, 4) is 0 Å². The summed E-state index contributed by atoms with van der Waals surface area (Å²) in [7, 11) is 0. The summed E-state index contributed by atoms with van der Waals surface area (Å²) >= 11 is 0. The standard InChI is InChI=1S/C18H25N3O/c1-18(15-22)8-5-9-20(14-18)11-17-10-19-21(13-17)12-16-6-3-2-4-7-16/h2-4,6-7,10,13,22H,5,8-9,11-12,14-15H2,1H3. The number of aliphatic hydroxyl groups is 1. The summed E-state index contributed by atoms with van der Waals surface area (Å²) in [5, 5.41) is 14.0. The van der Waals surface area contributed by atoms with Crippen LogP contribution in [0.5, 0.6) is 0 Å². The summed E-state index contributed by atoms with van der Waals surface area (Å²) in [5.74, 6) is 0. The number of aromatic nitrogens is 2. The molecule has 0 amide bonds. The van der Waals surface area contributed by atoms with Crippen LogP contribution in [-0.4, -0.2) is 39.5 Å². The van der Waals surface area contributed by atoms with Gasteiger partial charge in [0.2, 0.25) is 0 Å². The molecule has 1 aliphatic rings. The molecule has 1 aromatic carbocycles. The van der Waals surface area contributed by atoms with Gasteiger partial charge in [-0.05, 0) is 24.9 Å². The Hall–Kier alpha value is -1.65. The van der Waals surface area contributed by atoms with Crippen LogP contribution in [0.1, 0.15) is 30.9 Å². The van der Waals surface area contributed by atoms with Gasteiger partial charge in [0.05, 0.1) is 12.7 Å². The largest absolute Gasteiger partial charge is 0.396 e. The lowest BCUT2D eigenvalue weighted by Gasteiger charge is -2.39. The minimum atomic E-state index is 0.0539. The van der Waals surface area contributed by atoms with E-state index in [0.29, 0.717) is 0 Å². The van der Waals surface area contributed by atoms with Crippen molar-refractivity contribution < 1.29 is 5.11 Å². The van der Waals surface area contributed by atoms with Gasteiger partial charge in [0.25, 0.3) is 0 Å². The fourth-order valence-electron chi connectivity index (χ4n) is 3.29. The molecule has 1 fully saturated rings. The molecule has 0 spiro atoms. The van der Waals surface area contributed by atoms with Crippen molar-refractivity contribution >= 4 is 0 Å². The first-order valence-corrected chi connectivity index (χ1v) is 8.05. The maximum Gasteiger partial charge on any atom is 0.0659 e. The Morgan fingerprint density at radius 3 is 2.77 bits per heavy atom. The van der Waals surface area contributed by atoms with E-state index in [-0.39, 0.29) is 12.0 Å². The van der Waals surface area contributed by atoms with Crippen LogP contribution in [0.3, 0.4) is 0 Å². The predicted octanol–water partition coefficient (Wildman–Crippen LogP) is 2.53. The van der Waals surface area contributed by atoms with Crippen LogP contribution in [0.15, 0.2) is 42.7 Å². The van der Waals surface area contributed by atoms with Crippen LogP contribution < -0.4 is 0 Å². The number of nitrogens with zero attached hydrogens (tertiary/aromatic N) is 3. The van der Waals surface area contributed by atoms with Crippen molar-refractivity contribution in [1.82, 2.24) is 14.7 Å². The SMILES string of the molecule is CC1(CO)CCCN(Cc2cnn(Cc3ccccc3)c2)C1. The molecule has 0 saturated carbocycles. The summed E-state index contributed by atoms with van der Waals surface area (Å²) in [6.45, 7) is 6.27. The zero-order chi connectivity index (χ0) is 15.4. The number of hydrogen-bond donors (Lipinski definition) is 1. The van der Waals surface area contributed by atoms with Crippen LogP contribution in [0.2, 0.25) is 0 Å². The molecule has 1 atom stereocenters. The molecule has 0 radical (unpaired) electrons. The predicted molar refractivity (Wildman–Crippen MR) is 87.5 cm³/mol. The molecule has 1 aliphatic heterocycles. The lowest BCUT2D eigenvalue weighted by Crippen LogP contribution is -2.43. The van der Waals surface area contributed by atoms with Crippen molar-refractivity contribution in [1.29, 1.82) is 0 Å². The maximum absolute atomic E-state index is 9.56. The molecule has 22 heavy (non-hydrogen) atoms. The average Bonchev–Trinajstić information content (AvgIpc) is 2.95. The highest BCUT2D eigenvalue weighted by Crippen LogP contribution is 2.29. The minimum Gasteiger partial charge on any atom is -0.396 e. The average molecular weight is 299 g/mol. The van der Waals surface area contributed by atoms with E-state index in [2.05, 4.69) is 47.4 Å². The Morgan fingerprint density at radius 1 is 1.18 bits per heavy atom. The number of rotatable bonds is 5. The molecule has 3 rings (SSSR count). The van der Waals surface area contributed by atoms with E-state index in [9.17, 15) is 5.11 Å². The van der Waals surface area contributed by atoms with E-state index in [4.69, 9.17) is 0 Å². The van der Waals surface area contributed by atoms with Gasteiger partial charge < -0.3 is 5.11 Å². The van der Waals surface area contributed by atoms with Gasteiger partial charge in [0.15, 0.2) is 0 Å². The lowest BCUT2D eigenvalue weighted by molar-refractivity contribution is 0.0429. The van der Waals surface area contributed by atoms with Gasteiger partial charge in [-0.25, -0.2) is 0 Å². The lowest BCUT2D eigenvalue weighted by atomic mass is 9.83.